The van der Waals surface area contributed by atoms with E-state index in [1.165, 1.54) is 0 Å². The Balaban J connectivity index is 1.28. The lowest BCUT2D eigenvalue weighted by Gasteiger charge is -2.40. The van der Waals surface area contributed by atoms with Gasteiger partial charge < -0.3 is 15.3 Å². The minimum atomic E-state index is -0.456. The maximum atomic E-state index is 10.3. The van der Waals surface area contributed by atoms with Gasteiger partial charge >= 0.3 is 0 Å². The number of nitrogens with one attached hydrogen (secondary N) is 1. The molecule has 2 fully saturated rings. The predicted molar refractivity (Wildman–Crippen MR) is 87.5 cm³/mol. The van der Waals surface area contributed by atoms with Gasteiger partial charge in [0.05, 0.1) is 5.60 Å². The van der Waals surface area contributed by atoms with Gasteiger partial charge in [0, 0.05) is 32.1 Å². The first-order chi connectivity index (χ1) is 11.1. The van der Waals surface area contributed by atoms with Crippen molar-refractivity contribution in [3.05, 3.63) is 18.0 Å². The maximum absolute atomic E-state index is 10.3. The monoisotopic (exact) mass is 316 g/mol. The van der Waals surface area contributed by atoms with Crippen LogP contribution in [0.25, 0.3) is 5.65 Å². The lowest BCUT2D eigenvalue weighted by Crippen LogP contribution is -2.52. The number of hydrogen-bond donors (Lipinski definition) is 2. The first-order valence-corrected chi connectivity index (χ1v) is 8.50. The molecule has 0 aromatic carbocycles. The first-order valence-electron chi connectivity index (χ1n) is 8.50. The summed E-state index contributed by atoms with van der Waals surface area (Å²) in [5, 5.41) is 26.5. The van der Waals surface area contributed by atoms with Crippen LogP contribution < -0.4 is 10.2 Å². The number of hydrogen-bond acceptors (Lipinski definition) is 6. The van der Waals surface area contributed by atoms with Gasteiger partial charge in [-0.15, -0.1) is 15.3 Å². The quantitative estimate of drug-likeness (QED) is 0.848. The van der Waals surface area contributed by atoms with Gasteiger partial charge in [-0.2, -0.15) is 4.52 Å². The predicted octanol–water partition coefficient (Wildman–Crippen LogP) is 0.764. The van der Waals surface area contributed by atoms with Gasteiger partial charge in [-0.1, -0.05) is 12.8 Å². The van der Waals surface area contributed by atoms with E-state index in [0.717, 1.165) is 69.2 Å². The van der Waals surface area contributed by atoms with E-state index in [9.17, 15) is 5.11 Å². The molecule has 0 amide bonds. The van der Waals surface area contributed by atoms with Gasteiger partial charge in [0.1, 0.15) is 5.82 Å². The molecule has 2 N–H and O–H groups in total. The molecule has 0 atom stereocenters. The third kappa shape index (κ3) is 2.90. The molecule has 0 radical (unpaired) electrons. The van der Waals surface area contributed by atoms with E-state index >= 15 is 0 Å². The van der Waals surface area contributed by atoms with Crippen molar-refractivity contribution in [2.24, 2.45) is 5.92 Å². The van der Waals surface area contributed by atoms with Crippen LogP contribution in [-0.4, -0.2) is 56.7 Å². The molecule has 2 aromatic rings. The Kier molecular flexibility index (Phi) is 3.69. The van der Waals surface area contributed by atoms with Gasteiger partial charge in [-0.05, 0) is 31.9 Å². The Hall–Kier alpha value is -1.73. The third-order valence-electron chi connectivity index (χ3n) is 5.11. The van der Waals surface area contributed by atoms with Crippen molar-refractivity contribution in [1.82, 2.24) is 25.1 Å². The molecule has 2 aliphatic rings. The summed E-state index contributed by atoms with van der Waals surface area (Å²) in [5.41, 5.74) is 0.330. The molecular weight excluding hydrogens is 292 g/mol. The molecule has 0 bridgehead atoms. The summed E-state index contributed by atoms with van der Waals surface area (Å²) in [6.45, 7) is 5.61. The molecule has 2 aromatic heterocycles. The number of aromatic nitrogens is 4. The van der Waals surface area contributed by atoms with E-state index in [-0.39, 0.29) is 0 Å². The van der Waals surface area contributed by atoms with Crippen LogP contribution in [0.5, 0.6) is 0 Å². The van der Waals surface area contributed by atoms with Crippen LogP contribution in [0.1, 0.15) is 31.5 Å². The summed E-state index contributed by atoms with van der Waals surface area (Å²) in [7, 11) is 0. The van der Waals surface area contributed by atoms with Gasteiger partial charge in [0.2, 0.25) is 0 Å². The van der Waals surface area contributed by atoms with Gasteiger partial charge in [-0.3, -0.25) is 0 Å². The zero-order valence-corrected chi connectivity index (χ0v) is 13.6. The number of aryl methyl sites for hydroxylation is 1. The summed E-state index contributed by atoms with van der Waals surface area (Å²) >= 11 is 0. The second kappa shape index (κ2) is 5.72. The Morgan fingerprint density at radius 1 is 1.26 bits per heavy atom. The largest absolute Gasteiger partial charge is 0.389 e. The standard InChI is InChI=1S/C16H24N6O/c1-12-18-19-14-4-5-15(20-22(12)14)21-9-13(10-21)8-17-11-16(23)6-2-3-7-16/h4-5,13,17,23H,2-3,6-11H2,1H3. The molecule has 1 saturated carbocycles. The van der Waals surface area contributed by atoms with Crippen LogP contribution in [0, 0.1) is 12.8 Å². The van der Waals surface area contributed by atoms with Crippen molar-refractivity contribution < 1.29 is 5.11 Å². The molecule has 1 saturated heterocycles. The summed E-state index contributed by atoms with van der Waals surface area (Å²) < 4.78 is 1.79. The molecule has 1 aliphatic heterocycles. The van der Waals surface area contributed by atoms with Crippen LogP contribution in [0.15, 0.2) is 12.1 Å². The number of anilines is 1. The average Bonchev–Trinajstić information content (AvgIpc) is 3.09. The van der Waals surface area contributed by atoms with Crippen molar-refractivity contribution >= 4 is 11.5 Å². The minimum Gasteiger partial charge on any atom is -0.389 e. The Morgan fingerprint density at radius 2 is 2.04 bits per heavy atom. The fourth-order valence-electron chi connectivity index (χ4n) is 3.66. The number of nitrogens with zero attached hydrogens (tertiary/aromatic N) is 5. The summed E-state index contributed by atoms with van der Waals surface area (Å²) in [4.78, 5) is 2.27. The van der Waals surface area contributed by atoms with Crippen LogP contribution in [0.3, 0.4) is 0 Å². The second-order valence-corrected chi connectivity index (χ2v) is 7.04. The Morgan fingerprint density at radius 3 is 2.83 bits per heavy atom. The zero-order valence-electron chi connectivity index (χ0n) is 13.6. The van der Waals surface area contributed by atoms with E-state index < -0.39 is 5.60 Å². The van der Waals surface area contributed by atoms with E-state index in [1.54, 1.807) is 4.52 Å². The molecule has 4 rings (SSSR count). The fraction of sp³-hybridized carbons (Fsp3) is 0.688. The van der Waals surface area contributed by atoms with Gasteiger partial charge in [-0.25, -0.2) is 0 Å². The number of fused-ring (bicyclic) bond motifs is 1. The topological polar surface area (TPSA) is 78.6 Å². The molecule has 0 unspecified atom stereocenters. The highest BCUT2D eigenvalue weighted by Gasteiger charge is 2.32. The molecule has 124 valence electrons. The lowest BCUT2D eigenvalue weighted by molar-refractivity contribution is 0.0466. The molecule has 7 nitrogen and oxygen atoms in total. The van der Waals surface area contributed by atoms with Gasteiger partial charge in [0.15, 0.2) is 11.5 Å². The van der Waals surface area contributed by atoms with Gasteiger partial charge in [0.25, 0.3) is 0 Å². The lowest BCUT2D eigenvalue weighted by atomic mass is 9.98. The molecule has 1 aliphatic carbocycles. The number of rotatable bonds is 5. The van der Waals surface area contributed by atoms with Crippen molar-refractivity contribution in [2.75, 3.05) is 31.1 Å². The van der Waals surface area contributed by atoms with E-state index in [2.05, 4.69) is 25.5 Å². The summed E-state index contributed by atoms with van der Waals surface area (Å²) in [5.74, 6) is 2.41. The highest BCUT2D eigenvalue weighted by molar-refractivity contribution is 5.47. The second-order valence-electron chi connectivity index (χ2n) is 7.04. The summed E-state index contributed by atoms with van der Waals surface area (Å²) in [6.07, 6.45) is 4.20. The normalized spacial score (nSPS) is 21.0. The average molecular weight is 316 g/mol. The van der Waals surface area contributed by atoms with E-state index in [4.69, 9.17) is 0 Å². The first kappa shape index (κ1) is 14.8. The SMILES string of the molecule is Cc1nnc2ccc(N3CC(CNCC4(O)CCCC4)C3)nn12. The van der Waals surface area contributed by atoms with Crippen molar-refractivity contribution in [2.45, 2.75) is 38.2 Å². The van der Waals surface area contributed by atoms with Crippen LogP contribution in [0.4, 0.5) is 5.82 Å². The minimum absolute atomic E-state index is 0.456. The third-order valence-corrected chi connectivity index (χ3v) is 5.11. The van der Waals surface area contributed by atoms with Crippen LogP contribution in [-0.2, 0) is 0 Å². The number of aliphatic hydroxyl groups is 1. The highest BCUT2D eigenvalue weighted by atomic mass is 16.3. The van der Waals surface area contributed by atoms with Crippen molar-refractivity contribution in [3.8, 4) is 0 Å². The van der Waals surface area contributed by atoms with Crippen molar-refractivity contribution in [1.29, 1.82) is 0 Å². The summed E-state index contributed by atoms with van der Waals surface area (Å²) in [6, 6.07) is 3.97. The smallest absolute Gasteiger partial charge is 0.178 e. The highest BCUT2D eigenvalue weighted by Crippen LogP contribution is 2.29. The van der Waals surface area contributed by atoms with Crippen LogP contribution in [0.2, 0.25) is 0 Å². The molecular formula is C16H24N6O. The van der Waals surface area contributed by atoms with E-state index in [1.807, 2.05) is 19.1 Å². The Bertz CT molecular complexity index is 687. The molecule has 0 spiro atoms. The fourth-order valence-corrected chi connectivity index (χ4v) is 3.66. The van der Waals surface area contributed by atoms with E-state index in [0.29, 0.717) is 5.92 Å². The molecule has 23 heavy (non-hydrogen) atoms. The molecule has 7 heteroatoms. The molecule has 3 heterocycles. The zero-order chi connectivity index (χ0) is 15.9. The van der Waals surface area contributed by atoms with Crippen molar-refractivity contribution in [3.63, 3.8) is 0 Å². The maximum Gasteiger partial charge on any atom is 0.178 e. The van der Waals surface area contributed by atoms with Crippen LogP contribution >= 0.6 is 0 Å². The Labute approximate surface area is 135 Å².